The van der Waals surface area contributed by atoms with Crippen molar-refractivity contribution in [1.29, 1.82) is 0 Å². The van der Waals surface area contributed by atoms with Crippen molar-refractivity contribution in [1.82, 2.24) is 0 Å². The van der Waals surface area contributed by atoms with E-state index in [2.05, 4.69) is 0 Å². The Morgan fingerprint density at radius 2 is 2.06 bits per heavy atom. The molecule has 0 aromatic heterocycles. The Labute approximate surface area is 106 Å². The van der Waals surface area contributed by atoms with E-state index in [0.29, 0.717) is 11.7 Å². The van der Waals surface area contributed by atoms with Crippen LogP contribution in [0.3, 0.4) is 0 Å². The zero-order chi connectivity index (χ0) is 12.0. The molecule has 0 saturated heterocycles. The van der Waals surface area contributed by atoms with E-state index in [1.165, 1.54) is 31.4 Å². The molecule has 1 nitrogen and oxygen atoms in total. The predicted molar refractivity (Wildman–Crippen MR) is 65.9 cm³/mol. The van der Waals surface area contributed by atoms with Gasteiger partial charge in [-0.1, -0.05) is 6.42 Å². The topological polar surface area (TPSA) is 9.23 Å². The third kappa shape index (κ3) is 1.83. The van der Waals surface area contributed by atoms with Crippen LogP contribution in [-0.4, -0.2) is 7.11 Å². The Morgan fingerprint density at radius 1 is 1.35 bits per heavy atom. The number of fused-ring (bicyclic) bond motifs is 1. The lowest BCUT2D eigenvalue weighted by Gasteiger charge is -2.15. The minimum atomic E-state index is -0.239. The van der Waals surface area contributed by atoms with Crippen LogP contribution in [0.5, 0.6) is 5.75 Å². The second kappa shape index (κ2) is 4.16. The van der Waals surface area contributed by atoms with Gasteiger partial charge in [-0.25, -0.2) is 4.39 Å². The molecule has 2 saturated carbocycles. The smallest absolute Gasteiger partial charge is 0.123 e. The molecule has 1 aromatic rings. The molecule has 0 radical (unpaired) electrons. The molecule has 3 atom stereocenters. The molecule has 92 valence electrons. The molecule has 3 rings (SSSR count). The van der Waals surface area contributed by atoms with E-state index < -0.39 is 0 Å². The summed E-state index contributed by atoms with van der Waals surface area (Å²) >= 11 is 6.52. The average Bonchev–Trinajstić information content (AvgIpc) is 2.81. The molecule has 0 spiro atoms. The summed E-state index contributed by atoms with van der Waals surface area (Å²) in [7, 11) is 1.61. The van der Waals surface area contributed by atoms with Gasteiger partial charge in [-0.15, -0.1) is 11.6 Å². The number of ether oxygens (including phenoxy) is 1. The molecule has 1 aromatic carbocycles. The number of benzene rings is 1. The van der Waals surface area contributed by atoms with Gasteiger partial charge >= 0.3 is 0 Å². The highest BCUT2D eigenvalue weighted by molar-refractivity contribution is 6.21. The monoisotopic (exact) mass is 254 g/mol. The van der Waals surface area contributed by atoms with Gasteiger partial charge in [0.05, 0.1) is 12.5 Å². The molecule has 0 N–H and O–H groups in total. The molecule has 0 heterocycles. The van der Waals surface area contributed by atoms with E-state index >= 15 is 0 Å². The molecular weight excluding hydrogens is 239 g/mol. The standard InChI is InChI=1S/C14H16ClFO/c1-17-12-6-5-8(16)7-11(12)14(15)13-9-3-2-4-10(9)13/h5-7,9-10,13-14H,2-4H2,1H3. The largest absolute Gasteiger partial charge is 0.496 e. The average molecular weight is 255 g/mol. The van der Waals surface area contributed by atoms with Gasteiger partial charge in [-0.05, 0) is 48.8 Å². The molecule has 3 unspecified atom stereocenters. The van der Waals surface area contributed by atoms with Crippen molar-refractivity contribution in [2.24, 2.45) is 17.8 Å². The maximum absolute atomic E-state index is 13.3. The van der Waals surface area contributed by atoms with E-state index in [9.17, 15) is 4.39 Å². The molecule has 0 aliphatic heterocycles. The number of alkyl halides is 1. The van der Waals surface area contributed by atoms with Crippen LogP contribution in [0.15, 0.2) is 18.2 Å². The predicted octanol–water partition coefficient (Wildman–Crippen LogP) is 4.16. The Bertz CT molecular complexity index is 424. The third-order valence-corrected chi connectivity index (χ3v) is 4.83. The van der Waals surface area contributed by atoms with Gasteiger partial charge in [0.25, 0.3) is 0 Å². The summed E-state index contributed by atoms with van der Waals surface area (Å²) in [6.07, 6.45) is 3.90. The van der Waals surface area contributed by atoms with Crippen LogP contribution in [-0.2, 0) is 0 Å². The van der Waals surface area contributed by atoms with Gasteiger partial charge in [-0.3, -0.25) is 0 Å². The van der Waals surface area contributed by atoms with Crippen molar-refractivity contribution >= 4 is 11.6 Å². The lowest BCUT2D eigenvalue weighted by atomic mass is 10.0. The van der Waals surface area contributed by atoms with E-state index in [1.54, 1.807) is 13.2 Å². The van der Waals surface area contributed by atoms with Crippen LogP contribution in [0.25, 0.3) is 0 Å². The van der Waals surface area contributed by atoms with Crippen LogP contribution < -0.4 is 4.74 Å². The van der Waals surface area contributed by atoms with Crippen LogP contribution in [0.2, 0.25) is 0 Å². The second-order valence-electron chi connectivity index (χ2n) is 5.12. The lowest BCUT2D eigenvalue weighted by molar-refractivity contribution is 0.404. The molecule has 3 heteroatoms. The van der Waals surface area contributed by atoms with E-state index in [0.717, 1.165) is 17.4 Å². The fraction of sp³-hybridized carbons (Fsp3) is 0.571. The Morgan fingerprint density at radius 3 is 2.71 bits per heavy atom. The van der Waals surface area contributed by atoms with E-state index in [-0.39, 0.29) is 11.2 Å². The highest BCUT2D eigenvalue weighted by Gasteiger charge is 2.56. The maximum Gasteiger partial charge on any atom is 0.123 e. The number of hydrogen-bond donors (Lipinski definition) is 0. The van der Waals surface area contributed by atoms with E-state index in [4.69, 9.17) is 16.3 Å². The van der Waals surface area contributed by atoms with Crippen molar-refractivity contribution in [2.75, 3.05) is 7.11 Å². The number of methoxy groups -OCH3 is 1. The van der Waals surface area contributed by atoms with Gasteiger partial charge in [0.15, 0.2) is 0 Å². The van der Waals surface area contributed by atoms with Crippen molar-refractivity contribution in [3.8, 4) is 5.75 Å². The molecule has 2 fully saturated rings. The first kappa shape index (κ1) is 11.3. The summed E-state index contributed by atoms with van der Waals surface area (Å²) in [6, 6.07) is 4.60. The first-order chi connectivity index (χ1) is 8.22. The van der Waals surface area contributed by atoms with Crippen LogP contribution in [0.4, 0.5) is 4.39 Å². The summed E-state index contributed by atoms with van der Waals surface area (Å²) in [6.45, 7) is 0. The first-order valence-corrected chi connectivity index (χ1v) is 6.63. The minimum absolute atomic E-state index is 0.101. The Hall–Kier alpha value is -0.760. The highest BCUT2D eigenvalue weighted by Crippen LogP contribution is 2.64. The van der Waals surface area contributed by atoms with Crippen LogP contribution in [0.1, 0.15) is 30.2 Å². The maximum atomic E-state index is 13.3. The van der Waals surface area contributed by atoms with Gasteiger partial charge in [0.2, 0.25) is 0 Å². The SMILES string of the molecule is COc1ccc(F)cc1C(Cl)C1C2CCCC21. The molecule has 2 aliphatic rings. The van der Waals surface area contributed by atoms with Crippen molar-refractivity contribution in [2.45, 2.75) is 24.6 Å². The van der Waals surface area contributed by atoms with Crippen LogP contribution >= 0.6 is 11.6 Å². The lowest BCUT2D eigenvalue weighted by Crippen LogP contribution is -2.02. The zero-order valence-electron chi connectivity index (χ0n) is 9.83. The van der Waals surface area contributed by atoms with Gasteiger partial charge in [0, 0.05) is 5.56 Å². The summed E-state index contributed by atoms with van der Waals surface area (Å²) in [4.78, 5) is 0. The zero-order valence-corrected chi connectivity index (χ0v) is 10.6. The number of halogens is 2. The number of hydrogen-bond acceptors (Lipinski definition) is 1. The van der Waals surface area contributed by atoms with Crippen molar-refractivity contribution in [3.05, 3.63) is 29.6 Å². The molecule has 0 bridgehead atoms. The Kier molecular flexibility index (Phi) is 2.78. The first-order valence-electron chi connectivity index (χ1n) is 6.20. The second-order valence-corrected chi connectivity index (χ2v) is 5.59. The molecule has 17 heavy (non-hydrogen) atoms. The molecule has 0 amide bonds. The van der Waals surface area contributed by atoms with Gasteiger partial charge < -0.3 is 4.74 Å². The minimum Gasteiger partial charge on any atom is -0.496 e. The normalized spacial score (nSPS) is 32.1. The number of rotatable bonds is 3. The third-order valence-electron chi connectivity index (χ3n) is 4.30. The fourth-order valence-electron chi connectivity index (χ4n) is 3.44. The van der Waals surface area contributed by atoms with Crippen molar-refractivity contribution in [3.63, 3.8) is 0 Å². The summed E-state index contributed by atoms with van der Waals surface area (Å²) in [5.74, 6) is 2.53. The summed E-state index contributed by atoms with van der Waals surface area (Å²) < 4.78 is 18.6. The van der Waals surface area contributed by atoms with Crippen molar-refractivity contribution < 1.29 is 9.13 Å². The Balaban J connectivity index is 1.85. The van der Waals surface area contributed by atoms with E-state index in [1.807, 2.05) is 0 Å². The summed E-state index contributed by atoms with van der Waals surface area (Å²) in [5, 5.41) is -0.101. The molecular formula is C14H16ClFO. The summed E-state index contributed by atoms with van der Waals surface area (Å²) in [5.41, 5.74) is 0.813. The quantitative estimate of drug-likeness (QED) is 0.736. The highest BCUT2D eigenvalue weighted by atomic mass is 35.5. The van der Waals surface area contributed by atoms with Gasteiger partial charge in [0.1, 0.15) is 11.6 Å². The van der Waals surface area contributed by atoms with Crippen LogP contribution in [0, 0.1) is 23.6 Å². The fourth-order valence-corrected chi connectivity index (χ4v) is 3.98. The molecule has 2 aliphatic carbocycles. The van der Waals surface area contributed by atoms with Gasteiger partial charge in [-0.2, -0.15) is 0 Å².